The highest BCUT2D eigenvalue weighted by Crippen LogP contribution is 2.26. The van der Waals surface area contributed by atoms with Crippen LogP contribution in [0.2, 0.25) is 0 Å². The Labute approximate surface area is 228 Å². The number of aromatic nitrogens is 3. The first-order chi connectivity index (χ1) is 19.0. The van der Waals surface area contributed by atoms with Gasteiger partial charge < -0.3 is 4.74 Å². The molecule has 0 saturated carbocycles. The minimum atomic E-state index is -1.05. The summed E-state index contributed by atoms with van der Waals surface area (Å²) in [5.74, 6) is -1.54. The Bertz CT molecular complexity index is 1610. The number of hydrogen-bond donors (Lipinski definition) is 1. The fourth-order valence-electron chi connectivity index (χ4n) is 3.76. The smallest absolute Gasteiger partial charge is 0.331 e. The van der Waals surface area contributed by atoms with E-state index in [1.54, 1.807) is 29.1 Å². The third-order valence-electron chi connectivity index (χ3n) is 5.75. The maximum Gasteiger partial charge on any atom is 0.331 e. The molecule has 9 heteroatoms. The summed E-state index contributed by atoms with van der Waals surface area (Å²) in [5, 5.41) is 9.59. The summed E-state index contributed by atoms with van der Waals surface area (Å²) in [4.78, 5) is 29.6. The van der Waals surface area contributed by atoms with E-state index < -0.39 is 18.0 Å². The molecule has 39 heavy (non-hydrogen) atoms. The molecular weight excluding hydrogens is 515 g/mol. The molecule has 0 aliphatic rings. The molecule has 0 saturated heterocycles. The van der Waals surface area contributed by atoms with E-state index in [-0.39, 0.29) is 5.82 Å². The summed E-state index contributed by atoms with van der Waals surface area (Å²) in [7, 11) is 0. The predicted molar refractivity (Wildman–Crippen MR) is 150 cm³/mol. The lowest BCUT2D eigenvalue weighted by molar-refractivity contribution is -0.148. The van der Waals surface area contributed by atoms with E-state index in [1.807, 2.05) is 66.0 Å². The van der Waals surface area contributed by atoms with Crippen molar-refractivity contribution in [3.8, 4) is 28.2 Å². The van der Waals surface area contributed by atoms with Gasteiger partial charge in [-0.25, -0.2) is 18.9 Å². The predicted octanol–water partition coefficient (Wildman–Crippen LogP) is 6.39. The van der Waals surface area contributed by atoms with Crippen molar-refractivity contribution >= 4 is 34.4 Å². The first-order valence-electron chi connectivity index (χ1n) is 12.1. The molecule has 0 bridgehead atoms. The highest BCUT2D eigenvalue weighted by Gasteiger charge is 2.19. The van der Waals surface area contributed by atoms with Crippen LogP contribution in [0.4, 0.5) is 9.52 Å². The van der Waals surface area contributed by atoms with Crippen LogP contribution in [0.5, 0.6) is 0 Å². The van der Waals surface area contributed by atoms with Gasteiger partial charge in [-0.05, 0) is 49.4 Å². The van der Waals surface area contributed by atoms with Crippen LogP contribution >= 0.6 is 11.3 Å². The average Bonchev–Trinajstić information content (AvgIpc) is 3.61. The number of nitrogens with zero attached hydrogens (tertiary/aromatic N) is 3. The van der Waals surface area contributed by atoms with Crippen molar-refractivity contribution in [1.29, 1.82) is 0 Å². The second-order valence-electron chi connectivity index (χ2n) is 8.53. The van der Waals surface area contributed by atoms with Gasteiger partial charge in [0.15, 0.2) is 11.2 Å². The van der Waals surface area contributed by atoms with E-state index in [2.05, 4.69) is 15.4 Å². The summed E-state index contributed by atoms with van der Waals surface area (Å²) >= 11 is 1.29. The van der Waals surface area contributed by atoms with Gasteiger partial charge >= 0.3 is 5.97 Å². The van der Waals surface area contributed by atoms with Crippen LogP contribution in [0.3, 0.4) is 0 Å². The molecule has 3 aromatic carbocycles. The van der Waals surface area contributed by atoms with E-state index in [1.165, 1.54) is 36.5 Å². The third kappa shape index (κ3) is 6.34. The topological polar surface area (TPSA) is 86.1 Å². The molecule has 0 fully saturated rings. The van der Waals surface area contributed by atoms with Crippen molar-refractivity contribution in [2.24, 2.45) is 0 Å². The molecule has 1 N–H and O–H groups in total. The number of para-hydroxylation sites is 1. The number of benzene rings is 3. The lowest BCUT2D eigenvalue weighted by atomic mass is 10.1. The highest BCUT2D eigenvalue weighted by atomic mass is 32.1. The number of esters is 1. The van der Waals surface area contributed by atoms with E-state index in [4.69, 9.17) is 4.74 Å². The number of nitrogens with one attached hydrogen (secondary N) is 1. The molecule has 194 valence electrons. The summed E-state index contributed by atoms with van der Waals surface area (Å²) in [6.45, 7) is 1.49. The van der Waals surface area contributed by atoms with Crippen molar-refractivity contribution < 1.29 is 18.7 Å². The Balaban J connectivity index is 1.27. The number of carbonyl (C=O) groups is 2. The molecule has 5 aromatic rings. The zero-order valence-corrected chi connectivity index (χ0v) is 21.6. The quantitative estimate of drug-likeness (QED) is 0.183. The average molecular weight is 539 g/mol. The fraction of sp³-hybridized carbons (Fsp3) is 0.0667. The van der Waals surface area contributed by atoms with E-state index in [0.29, 0.717) is 22.0 Å². The van der Waals surface area contributed by atoms with Gasteiger partial charge in [-0.15, -0.1) is 11.3 Å². The van der Waals surface area contributed by atoms with Gasteiger partial charge in [-0.3, -0.25) is 10.1 Å². The van der Waals surface area contributed by atoms with Gasteiger partial charge in [0.05, 0.1) is 17.1 Å². The zero-order chi connectivity index (χ0) is 27.2. The SMILES string of the molecule is CC(OC(=O)/C=C/c1cn(-c2ccccc2)nc1-c1ccc(F)cc1)C(=O)Nc1nc(-c2ccccc2)cs1. The second kappa shape index (κ2) is 11.7. The monoisotopic (exact) mass is 538 g/mol. The molecule has 2 heterocycles. The van der Waals surface area contributed by atoms with Gasteiger partial charge in [0.1, 0.15) is 5.82 Å². The molecule has 0 aliphatic carbocycles. The Morgan fingerprint density at radius 3 is 2.38 bits per heavy atom. The Morgan fingerprint density at radius 2 is 1.67 bits per heavy atom. The summed E-state index contributed by atoms with van der Waals surface area (Å²) in [5.41, 5.74) is 4.38. The van der Waals surface area contributed by atoms with Crippen LogP contribution in [0, 0.1) is 5.82 Å². The van der Waals surface area contributed by atoms with Gasteiger partial charge in [-0.2, -0.15) is 5.10 Å². The lowest BCUT2D eigenvalue weighted by Gasteiger charge is -2.10. The number of rotatable bonds is 8. The van der Waals surface area contributed by atoms with Crippen LogP contribution in [0.1, 0.15) is 12.5 Å². The van der Waals surface area contributed by atoms with Crippen molar-refractivity contribution in [1.82, 2.24) is 14.8 Å². The summed E-state index contributed by atoms with van der Waals surface area (Å²) in [6.07, 6.45) is 3.51. The largest absolute Gasteiger partial charge is 0.449 e. The van der Waals surface area contributed by atoms with Crippen molar-refractivity contribution in [2.75, 3.05) is 5.32 Å². The fourth-order valence-corrected chi connectivity index (χ4v) is 4.48. The van der Waals surface area contributed by atoms with Crippen LogP contribution < -0.4 is 5.32 Å². The summed E-state index contributed by atoms with van der Waals surface area (Å²) in [6, 6.07) is 25.0. The molecular formula is C30H23FN4O3S. The zero-order valence-electron chi connectivity index (χ0n) is 20.8. The van der Waals surface area contributed by atoms with E-state index in [9.17, 15) is 14.0 Å². The normalized spacial score (nSPS) is 11.8. The molecule has 7 nitrogen and oxygen atoms in total. The number of carbonyl (C=O) groups excluding carboxylic acids is 2. The van der Waals surface area contributed by atoms with Crippen LogP contribution in [0.25, 0.3) is 34.3 Å². The van der Waals surface area contributed by atoms with E-state index >= 15 is 0 Å². The van der Waals surface area contributed by atoms with Crippen LogP contribution in [-0.4, -0.2) is 32.7 Å². The maximum absolute atomic E-state index is 13.5. The standard InChI is InChI=1S/C30H23FN4O3S/c1-20(29(37)33-30-32-26(19-39-30)21-8-4-2-5-9-21)38-27(36)17-14-23-18-35(25-10-6-3-7-11-25)34-28(23)22-12-15-24(31)16-13-22/h2-20H,1H3,(H,32,33,37)/b17-14+. The molecule has 1 amide bonds. The first kappa shape index (κ1) is 25.7. The minimum absolute atomic E-state index is 0.358. The Kier molecular flexibility index (Phi) is 7.70. The third-order valence-corrected chi connectivity index (χ3v) is 6.50. The Hall–Kier alpha value is -4.89. The van der Waals surface area contributed by atoms with Gasteiger partial charge in [0.25, 0.3) is 5.91 Å². The van der Waals surface area contributed by atoms with E-state index in [0.717, 1.165) is 16.9 Å². The highest BCUT2D eigenvalue weighted by molar-refractivity contribution is 7.14. The van der Waals surface area contributed by atoms with Crippen LogP contribution in [0.15, 0.2) is 103 Å². The molecule has 1 unspecified atom stereocenters. The minimum Gasteiger partial charge on any atom is -0.449 e. The maximum atomic E-state index is 13.5. The number of thiazole rings is 1. The molecule has 5 rings (SSSR count). The van der Waals surface area contributed by atoms with Crippen molar-refractivity contribution in [3.63, 3.8) is 0 Å². The summed E-state index contributed by atoms with van der Waals surface area (Å²) < 4.78 is 20.5. The van der Waals surface area contributed by atoms with Crippen molar-refractivity contribution in [2.45, 2.75) is 13.0 Å². The first-order valence-corrected chi connectivity index (χ1v) is 13.0. The molecule has 0 aliphatic heterocycles. The molecule has 0 radical (unpaired) electrons. The number of halogens is 1. The number of hydrogen-bond acceptors (Lipinski definition) is 6. The second-order valence-corrected chi connectivity index (χ2v) is 9.38. The number of ether oxygens (including phenoxy) is 1. The van der Waals surface area contributed by atoms with Gasteiger partial charge in [0, 0.05) is 34.3 Å². The lowest BCUT2D eigenvalue weighted by Crippen LogP contribution is -2.29. The van der Waals surface area contributed by atoms with Crippen molar-refractivity contribution in [3.05, 3.63) is 114 Å². The van der Waals surface area contributed by atoms with Crippen LogP contribution in [-0.2, 0) is 14.3 Å². The number of anilines is 1. The van der Waals surface area contributed by atoms with Gasteiger partial charge in [-0.1, -0.05) is 48.5 Å². The number of amides is 1. The van der Waals surface area contributed by atoms with Gasteiger partial charge in [0.2, 0.25) is 0 Å². The molecule has 2 aromatic heterocycles. The molecule has 1 atom stereocenters. The Morgan fingerprint density at radius 1 is 0.974 bits per heavy atom. The molecule has 0 spiro atoms.